The Bertz CT molecular complexity index is 6090. The summed E-state index contributed by atoms with van der Waals surface area (Å²) in [5.41, 5.74) is 10.5. The quantitative estimate of drug-likeness (QED) is 0.0452. The van der Waals surface area contributed by atoms with E-state index in [2.05, 4.69) is 40.2 Å². The van der Waals surface area contributed by atoms with Crippen molar-refractivity contribution in [1.29, 1.82) is 0 Å². The molecule has 2 aliphatic carbocycles. The summed E-state index contributed by atoms with van der Waals surface area (Å²) in [7, 11) is -19.1. The average molecular weight is 1730 g/mol. The number of pyridine rings is 2. The average Bonchev–Trinajstić information content (AvgIpc) is 1.54. The number of hydrogen-bond acceptors (Lipinski definition) is 18. The SMILES string of the molecule is CC(=O)C1=C(C)Cc2ccc(N(C(=O)Oc3ccccc3)S(=O)(=O)c3ccc(C(C)(C)C)cc3)cc21.CCCc1ccc(S(=O)(=O)NCc2ccncc2)cc1C(C)C.CCOc1ccc(S(=O)(=O)Cc2ccc3c(c2)c(C(C)=O)c(C)n3S(=O)(=O)c2ccc(OCC)cc2)cc1.O=S(=O)(NCc1ccncc1)c1ccc(C2CCCCC2)cc1.[HH].[HH]. The topological polar surface area (TPSA) is 308 Å². The number of aromatic nitrogens is 3. The maximum Gasteiger partial charge on any atom is 0.434 e. The molecular weight excluding hydrogens is 1620 g/mol. The standard InChI is InChI=1S/C29H29NO5S.C28H29NO7S2.C18H22N2O2S.C18H24N2O2S.2H2/c1-19-17-21-11-14-23(18-26(21)27(19)20(2)31)30(28(32)35-24-9-7-6-8-10-24)36(33,34)25-15-12-22(13-16-25)29(3,4)5;1-5-35-22-8-12-24(13-9-22)37(31,32)18-21-7-16-27-26(17-21)28(20(4)30)19(3)29(27)38(33,34)25-14-10-23(11-15-25)36-6-2;21-23(22,20-14-15-10-12-19-13-11-15)18-8-6-17(7-9-18)16-4-2-1-3-5-16;1-4-5-16-6-7-17(12-18(16)14(2)3)23(21,22)20-13-15-8-10-19-11-9-15;;/h6-16,18H,17H2,1-5H3;7-17H,5-6,18H2,1-4H3;6-13,16,20H,1-5,14H2;6-12,14,20H,4-5,13H2,1-3H3;2*1H. The van der Waals surface area contributed by atoms with Gasteiger partial charge in [-0.3, -0.25) is 19.6 Å². The lowest BCUT2D eigenvalue weighted by atomic mass is 9.84. The second kappa shape index (κ2) is 40.1. The van der Waals surface area contributed by atoms with Gasteiger partial charge in [0.2, 0.25) is 20.0 Å². The minimum absolute atomic E-state index is 0. The van der Waals surface area contributed by atoms with Crippen molar-refractivity contribution in [2.45, 2.75) is 195 Å². The van der Waals surface area contributed by atoms with Crippen molar-refractivity contribution in [2.75, 3.05) is 17.5 Å². The number of para-hydroxylation sites is 1. The molecular formula is C93H108N6O16S5. The Morgan fingerprint density at radius 2 is 1.09 bits per heavy atom. The number of aryl methyl sites for hydroxylation is 1. The number of hydrogen-bond donors (Lipinski definition) is 2. The van der Waals surface area contributed by atoms with Gasteiger partial charge in [-0.25, -0.2) is 60.3 Å². The number of amides is 1. The zero-order valence-electron chi connectivity index (χ0n) is 69.6. The molecule has 11 aromatic rings. The second-order valence-corrected chi connectivity index (χ2v) is 39.8. The van der Waals surface area contributed by atoms with E-state index in [4.69, 9.17) is 14.2 Å². The number of carbonyl (C=O) groups excluding carboxylic acids is 3. The van der Waals surface area contributed by atoms with Gasteiger partial charge >= 0.3 is 6.09 Å². The zero-order chi connectivity index (χ0) is 86.9. The van der Waals surface area contributed by atoms with Crippen LogP contribution >= 0.6 is 0 Å². The molecule has 0 atom stereocenters. The summed E-state index contributed by atoms with van der Waals surface area (Å²) in [6.45, 7) is 23.8. The first-order valence-corrected chi connectivity index (χ1v) is 47.3. The highest BCUT2D eigenvalue weighted by Gasteiger charge is 2.36. The summed E-state index contributed by atoms with van der Waals surface area (Å²) in [5.74, 6) is 1.48. The molecule has 22 nitrogen and oxygen atoms in total. The van der Waals surface area contributed by atoms with Crippen LogP contribution in [-0.2, 0) is 91.8 Å². The largest absolute Gasteiger partial charge is 0.494 e. The summed E-state index contributed by atoms with van der Waals surface area (Å²) < 4.78 is 154. The van der Waals surface area contributed by atoms with Gasteiger partial charge in [0.15, 0.2) is 21.4 Å². The van der Waals surface area contributed by atoms with Gasteiger partial charge in [-0.15, -0.1) is 0 Å². The van der Waals surface area contributed by atoms with Crippen LogP contribution in [0.5, 0.6) is 17.2 Å². The van der Waals surface area contributed by atoms with Crippen molar-refractivity contribution in [3.63, 3.8) is 0 Å². The van der Waals surface area contributed by atoms with Crippen LogP contribution in [0, 0.1) is 6.92 Å². The third kappa shape index (κ3) is 22.8. The summed E-state index contributed by atoms with van der Waals surface area (Å²) in [4.78, 5) is 47.0. The number of sulfone groups is 1. The van der Waals surface area contributed by atoms with E-state index in [1.165, 1.54) is 93.5 Å². The first kappa shape index (κ1) is 91.5. The third-order valence-electron chi connectivity index (χ3n) is 20.6. The van der Waals surface area contributed by atoms with Crippen molar-refractivity contribution in [3.05, 3.63) is 298 Å². The van der Waals surface area contributed by atoms with E-state index >= 15 is 0 Å². The normalized spacial score (nSPS) is 13.2. The second-order valence-electron chi connectivity index (χ2n) is 30.7. The van der Waals surface area contributed by atoms with Crippen LogP contribution in [0.15, 0.2) is 261 Å². The smallest absolute Gasteiger partial charge is 0.434 e. The predicted octanol–water partition coefficient (Wildman–Crippen LogP) is 19.2. The fraction of sp³-hybridized carbons (Fsp3) is 0.301. The Kier molecular flexibility index (Phi) is 30.6. The predicted molar refractivity (Wildman–Crippen MR) is 474 cm³/mol. The molecule has 0 aliphatic heterocycles. The molecule has 8 aromatic carbocycles. The highest BCUT2D eigenvalue weighted by molar-refractivity contribution is 7.93. The summed E-state index contributed by atoms with van der Waals surface area (Å²) >= 11 is 0. The van der Waals surface area contributed by atoms with Crippen molar-refractivity contribution in [1.82, 2.24) is 23.4 Å². The molecule has 2 aliphatic rings. The first-order valence-electron chi connectivity index (χ1n) is 39.8. The van der Waals surface area contributed by atoms with Gasteiger partial charge in [0.1, 0.15) is 17.2 Å². The van der Waals surface area contributed by atoms with E-state index in [1.54, 1.807) is 177 Å². The Labute approximate surface area is 709 Å². The molecule has 636 valence electrons. The lowest BCUT2D eigenvalue weighted by Crippen LogP contribution is -2.39. The number of nitrogens with zero attached hydrogens (tertiary/aromatic N) is 4. The maximum absolute atomic E-state index is 13.9. The van der Waals surface area contributed by atoms with Gasteiger partial charge in [0.05, 0.1) is 54.6 Å². The molecule has 1 fully saturated rings. The van der Waals surface area contributed by atoms with Crippen LogP contribution in [0.2, 0.25) is 0 Å². The first-order chi connectivity index (χ1) is 57.0. The molecule has 0 radical (unpaired) electrons. The lowest BCUT2D eigenvalue weighted by molar-refractivity contribution is -0.111. The fourth-order valence-corrected chi connectivity index (χ4v) is 20.8. The van der Waals surface area contributed by atoms with Gasteiger partial charge in [-0.05, 0) is 280 Å². The Morgan fingerprint density at radius 1 is 0.558 bits per heavy atom. The van der Waals surface area contributed by atoms with Crippen LogP contribution in [0.1, 0.15) is 195 Å². The molecule has 1 amide bonds. The number of nitrogens with one attached hydrogen (secondary N) is 2. The molecule has 0 spiro atoms. The van der Waals surface area contributed by atoms with Gasteiger partial charge in [-0.1, -0.05) is 133 Å². The number of fused-ring (bicyclic) bond motifs is 2. The number of allylic oxidation sites excluding steroid dienone is 2. The van der Waals surface area contributed by atoms with Gasteiger partial charge in [0, 0.05) is 62.9 Å². The van der Waals surface area contributed by atoms with E-state index < -0.39 is 56.0 Å². The number of rotatable bonds is 27. The monoisotopic (exact) mass is 1720 g/mol. The minimum atomic E-state index is -4.35. The number of ether oxygens (including phenoxy) is 3. The number of benzene rings is 8. The van der Waals surface area contributed by atoms with E-state index in [1.807, 2.05) is 65.8 Å². The van der Waals surface area contributed by atoms with E-state index in [0.717, 1.165) is 50.2 Å². The number of Topliss-reactive ketones (excluding diaryl/α,β-unsaturated/α-hetero) is 2. The van der Waals surface area contributed by atoms with Gasteiger partial charge < -0.3 is 14.2 Å². The number of carbonyl (C=O) groups is 3. The molecule has 2 N–H and O–H groups in total. The van der Waals surface area contributed by atoms with E-state index in [9.17, 15) is 56.5 Å². The third-order valence-corrected chi connectivity index (χ3v) is 28.6. The molecule has 3 aromatic heterocycles. The van der Waals surface area contributed by atoms with E-state index in [-0.39, 0.29) is 76.1 Å². The summed E-state index contributed by atoms with van der Waals surface area (Å²) in [6.07, 6.45) is 14.5. The van der Waals surface area contributed by atoms with Crippen LogP contribution in [0.3, 0.4) is 0 Å². The van der Waals surface area contributed by atoms with E-state index in [0.29, 0.717) is 84.7 Å². The molecule has 0 unspecified atom stereocenters. The van der Waals surface area contributed by atoms with Crippen molar-refractivity contribution < 1.29 is 73.5 Å². The Hall–Kier alpha value is -10.8. The Balaban J connectivity index is 0.000000206. The van der Waals surface area contributed by atoms with Crippen LogP contribution in [0.4, 0.5) is 10.5 Å². The van der Waals surface area contributed by atoms with Crippen molar-refractivity contribution in [2.24, 2.45) is 0 Å². The molecule has 120 heavy (non-hydrogen) atoms. The zero-order valence-corrected chi connectivity index (χ0v) is 73.7. The highest BCUT2D eigenvalue weighted by atomic mass is 32.2. The maximum atomic E-state index is 13.9. The van der Waals surface area contributed by atoms with Crippen LogP contribution in [-0.4, -0.2) is 86.9 Å². The molecule has 3 heterocycles. The molecule has 1 saturated carbocycles. The number of sulfonamides is 3. The van der Waals surface area contributed by atoms with Crippen molar-refractivity contribution in [3.8, 4) is 17.2 Å². The fourth-order valence-electron chi connectivity index (χ4n) is 14.5. The number of ketones is 2. The molecule has 0 saturated heterocycles. The minimum Gasteiger partial charge on any atom is -0.494 e. The lowest BCUT2D eigenvalue weighted by Gasteiger charge is -2.24. The summed E-state index contributed by atoms with van der Waals surface area (Å²) in [5, 5.41) is 0.379. The molecule has 27 heteroatoms. The van der Waals surface area contributed by atoms with Crippen LogP contribution in [0.25, 0.3) is 16.5 Å². The number of anilines is 1. The van der Waals surface area contributed by atoms with Crippen LogP contribution < -0.4 is 28.0 Å². The molecule has 0 bridgehead atoms. The Morgan fingerprint density at radius 3 is 1.62 bits per heavy atom. The summed E-state index contributed by atoms with van der Waals surface area (Å²) in [6, 6.07) is 56.7. The highest BCUT2D eigenvalue weighted by Crippen LogP contribution is 2.40. The van der Waals surface area contributed by atoms with Gasteiger partial charge in [-0.2, -0.15) is 4.31 Å². The van der Waals surface area contributed by atoms with Gasteiger partial charge in [0.25, 0.3) is 20.0 Å². The van der Waals surface area contributed by atoms with Crippen molar-refractivity contribution >= 4 is 89.8 Å². The molecule has 13 rings (SSSR count).